The van der Waals surface area contributed by atoms with Gasteiger partial charge in [-0.2, -0.15) is 5.10 Å². The Labute approximate surface area is 177 Å². The van der Waals surface area contributed by atoms with Crippen LogP contribution in [0.2, 0.25) is 0 Å². The standard InChI is InChI=1S/C20H14Br2N2O2S/c21-11-3-5-17(25)14(9-11)20-24-16(10-15(23-24)19-2-1-7-27-19)13-8-12(22)4-6-18(13)26-20/h1-9,16,20,25H,10H2/t16-,20+/m1/s1. The minimum atomic E-state index is -0.487. The van der Waals surface area contributed by atoms with Gasteiger partial charge in [0, 0.05) is 20.9 Å². The van der Waals surface area contributed by atoms with E-state index in [1.54, 1.807) is 17.4 Å². The summed E-state index contributed by atoms with van der Waals surface area (Å²) < 4.78 is 8.21. The van der Waals surface area contributed by atoms with Gasteiger partial charge in [-0.3, -0.25) is 0 Å². The summed E-state index contributed by atoms with van der Waals surface area (Å²) in [5.74, 6) is 1.02. The van der Waals surface area contributed by atoms with Gasteiger partial charge in [-0.1, -0.05) is 37.9 Å². The number of aromatic hydroxyl groups is 1. The van der Waals surface area contributed by atoms with Gasteiger partial charge < -0.3 is 9.84 Å². The lowest BCUT2D eigenvalue weighted by Gasteiger charge is -2.38. The van der Waals surface area contributed by atoms with Crippen LogP contribution in [0.4, 0.5) is 0 Å². The number of rotatable bonds is 2. The Morgan fingerprint density at radius 3 is 2.63 bits per heavy atom. The number of hydrogen-bond acceptors (Lipinski definition) is 5. The largest absolute Gasteiger partial charge is 0.507 e. The first kappa shape index (κ1) is 17.3. The molecule has 2 aliphatic rings. The summed E-state index contributed by atoms with van der Waals surface area (Å²) in [5.41, 5.74) is 2.84. The van der Waals surface area contributed by atoms with Crippen molar-refractivity contribution in [3.63, 3.8) is 0 Å². The molecule has 0 spiro atoms. The summed E-state index contributed by atoms with van der Waals surface area (Å²) >= 11 is 8.75. The van der Waals surface area contributed by atoms with Crippen molar-refractivity contribution in [2.24, 2.45) is 5.10 Å². The fourth-order valence-corrected chi connectivity index (χ4v) is 5.06. The van der Waals surface area contributed by atoms with E-state index in [9.17, 15) is 5.11 Å². The van der Waals surface area contributed by atoms with Crippen LogP contribution in [0, 0.1) is 0 Å². The van der Waals surface area contributed by atoms with Gasteiger partial charge in [0.2, 0.25) is 6.23 Å². The summed E-state index contributed by atoms with van der Waals surface area (Å²) in [6, 6.07) is 15.6. The zero-order valence-electron chi connectivity index (χ0n) is 14.0. The van der Waals surface area contributed by atoms with Crippen molar-refractivity contribution in [2.75, 3.05) is 0 Å². The molecule has 3 aromatic rings. The van der Waals surface area contributed by atoms with E-state index in [0.717, 1.165) is 37.3 Å². The van der Waals surface area contributed by atoms with Gasteiger partial charge in [0.1, 0.15) is 11.5 Å². The number of phenols is 1. The lowest BCUT2D eigenvalue weighted by molar-refractivity contribution is -0.0204. The van der Waals surface area contributed by atoms with Crippen molar-refractivity contribution in [1.82, 2.24) is 5.01 Å². The smallest absolute Gasteiger partial charge is 0.217 e. The fraction of sp³-hybridized carbons (Fsp3) is 0.150. The van der Waals surface area contributed by atoms with Crippen molar-refractivity contribution >= 4 is 48.9 Å². The Bertz CT molecular complexity index is 1050. The molecule has 5 rings (SSSR count). The van der Waals surface area contributed by atoms with Gasteiger partial charge in [0.05, 0.1) is 22.2 Å². The maximum absolute atomic E-state index is 10.5. The Hall–Kier alpha value is -1.83. The highest BCUT2D eigenvalue weighted by Crippen LogP contribution is 2.49. The number of hydrazone groups is 1. The number of phenolic OH excluding ortho intramolecular Hbond substituents is 1. The molecular weight excluding hydrogens is 492 g/mol. The number of thiophene rings is 1. The van der Waals surface area contributed by atoms with E-state index in [0.29, 0.717) is 5.56 Å². The number of halogens is 2. The summed E-state index contributed by atoms with van der Waals surface area (Å²) in [7, 11) is 0. The molecule has 1 N–H and O–H groups in total. The van der Waals surface area contributed by atoms with Crippen LogP contribution in [-0.4, -0.2) is 15.8 Å². The molecule has 27 heavy (non-hydrogen) atoms. The maximum atomic E-state index is 10.5. The van der Waals surface area contributed by atoms with Crippen LogP contribution in [0.3, 0.4) is 0 Å². The first-order valence-corrected chi connectivity index (χ1v) is 10.9. The second-order valence-electron chi connectivity index (χ2n) is 6.48. The Kier molecular flexibility index (Phi) is 4.26. The molecule has 0 fully saturated rings. The number of hydrogen-bond donors (Lipinski definition) is 1. The number of benzene rings is 2. The van der Waals surface area contributed by atoms with Gasteiger partial charge in [-0.25, -0.2) is 5.01 Å². The van der Waals surface area contributed by atoms with E-state index in [4.69, 9.17) is 9.84 Å². The van der Waals surface area contributed by atoms with Gasteiger partial charge in [-0.15, -0.1) is 11.3 Å². The molecule has 2 aromatic carbocycles. The maximum Gasteiger partial charge on any atom is 0.217 e. The van der Waals surface area contributed by atoms with Crippen molar-refractivity contribution < 1.29 is 9.84 Å². The van der Waals surface area contributed by atoms with Gasteiger partial charge in [0.15, 0.2) is 0 Å². The SMILES string of the molecule is Oc1ccc(Br)cc1[C@@H]1Oc2ccc(Br)cc2[C@H]2CC(c3cccs3)=NN21. The second kappa shape index (κ2) is 6.65. The number of ether oxygens (including phenoxy) is 1. The predicted molar refractivity (Wildman–Crippen MR) is 113 cm³/mol. The zero-order chi connectivity index (χ0) is 18.5. The van der Waals surface area contributed by atoms with Gasteiger partial charge >= 0.3 is 0 Å². The van der Waals surface area contributed by atoms with Gasteiger partial charge in [-0.05, 0) is 47.8 Å². The monoisotopic (exact) mass is 504 g/mol. The predicted octanol–water partition coefficient (Wildman–Crippen LogP) is 6.22. The second-order valence-corrected chi connectivity index (χ2v) is 9.26. The Morgan fingerprint density at radius 2 is 1.85 bits per heavy atom. The summed E-state index contributed by atoms with van der Waals surface area (Å²) in [6.07, 6.45) is 0.317. The van der Waals surface area contributed by atoms with Crippen molar-refractivity contribution in [3.05, 3.63) is 78.9 Å². The fourth-order valence-electron chi connectivity index (χ4n) is 3.58. The average Bonchev–Trinajstić information content (AvgIpc) is 3.32. The van der Waals surface area contributed by atoms with E-state index in [2.05, 4.69) is 49.4 Å². The van der Waals surface area contributed by atoms with E-state index < -0.39 is 6.23 Å². The lowest BCUT2D eigenvalue weighted by Crippen LogP contribution is -2.33. The Morgan fingerprint density at radius 1 is 1.07 bits per heavy atom. The summed E-state index contributed by atoms with van der Waals surface area (Å²) in [4.78, 5) is 1.16. The third-order valence-corrected chi connectivity index (χ3v) is 6.72. The Balaban J connectivity index is 1.65. The molecule has 3 heterocycles. The number of nitrogens with zero attached hydrogens (tertiary/aromatic N) is 2. The number of fused-ring (bicyclic) bond motifs is 3. The van der Waals surface area contributed by atoms with Crippen LogP contribution >= 0.6 is 43.2 Å². The first-order valence-electron chi connectivity index (χ1n) is 8.44. The molecule has 0 unspecified atom stereocenters. The molecule has 0 aliphatic carbocycles. The normalized spacial score (nSPS) is 20.7. The molecule has 0 bridgehead atoms. The molecule has 7 heteroatoms. The molecule has 0 amide bonds. The highest BCUT2D eigenvalue weighted by Gasteiger charge is 2.42. The van der Waals surface area contributed by atoms with E-state index in [1.807, 2.05) is 35.3 Å². The molecule has 2 aliphatic heterocycles. The third-order valence-electron chi connectivity index (χ3n) is 4.81. The highest BCUT2D eigenvalue weighted by molar-refractivity contribution is 9.10. The van der Waals surface area contributed by atoms with Crippen molar-refractivity contribution in [3.8, 4) is 11.5 Å². The van der Waals surface area contributed by atoms with Crippen LogP contribution in [-0.2, 0) is 0 Å². The summed E-state index contributed by atoms with van der Waals surface area (Å²) in [5, 5.41) is 19.4. The molecule has 0 radical (unpaired) electrons. The van der Waals surface area contributed by atoms with Crippen LogP contribution in [0.25, 0.3) is 0 Å². The average molecular weight is 506 g/mol. The van der Waals surface area contributed by atoms with Crippen LogP contribution < -0.4 is 4.74 Å². The molecule has 136 valence electrons. The highest BCUT2D eigenvalue weighted by atomic mass is 79.9. The van der Waals surface area contributed by atoms with E-state index in [1.165, 1.54) is 0 Å². The third kappa shape index (κ3) is 2.98. The first-order chi connectivity index (χ1) is 13.1. The summed E-state index contributed by atoms with van der Waals surface area (Å²) in [6.45, 7) is 0. The molecule has 2 atom stereocenters. The minimum Gasteiger partial charge on any atom is -0.507 e. The molecule has 0 saturated heterocycles. The topological polar surface area (TPSA) is 45.1 Å². The molecule has 4 nitrogen and oxygen atoms in total. The molecular formula is C20H14Br2N2O2S. The quantitative estimate of drug-likeness (QED) is 0.449. The zero-order valence-corrected chi connectivity index (χ0v) is 18.0. The van der Waals surface area contributed by atoms with Crippen molar-refractivity contribution in [1.29, 1.82) is 0 Å². The molecule has 0 saturated carbocycles. The van der Waals surface area contributed by atoms with E-state index in [-0.39, 0.29) is 11.8 Å². The van der Waals surface area contributed by atoms with Crippen molar-refractivity contribution in [2.45, 2.75) is 18.7 Å². The van der Waals surface area contributed by atoms with Gasteiger partial charge in [0.25, 0.3) is 0 Å². The minimum absolute atomic E-state index is 0.0618. The lowest BCUT2D eigenvalue weighted by atomic mass is 9.97. The molecule has 1 aromatic heterocycles. The van der Waals surface area contributed by atoms with Crippen LogP contribution in [0.15, 0.2) is 68.0 Å². The van der Waals surface area contributed by atoms with Crippen LogP contribution in [0.1, 0.15) is 34.7 Å². The van der Waals surface area contributed by atoms with E-state index >= 15 is 0 Å². The van der Waals surface area contributed by atoms with Crippen LogP contribution in [0.5, 0.6) is 11.5 Å².